The molecule has 0 aliphatic carbocycles. The highest BCUT2D eigenvalue weighted by molar-refractivity contribution is 5.76. The van der Waals surface area contributed by atoms with Crippen LogP contribution in [0.4, 0.5) is 13.2 Å². The van der Waals surface area contributed by atoms with Crippen molar-refractivity contribution in [2.45, 2.75) is 80.1 Å². The van der Waals surface area contributed by atoms with E-state index in [1.807, 2.05) is 26.8 Å². The molecule has 0 aliphatic rings. The Balaban J connectivity index is -0.000000458. The zero-order chi connectivity index (χ0) is 25.5. The quantitative estimate of drug-likeness (QED) is 0.359. The van der Waals surface area contributed by atoms with Gasteiger partial charge in [-0.1, -0.05) is 65.5 Å². The minimum atomic E-state index is -0.852. The van der Waals surface area contributed by atoms with Crippen LogP contribution >= 0.6 is 0 Å². The highest BCUT2D eigenvalue weighted by Gasteiger charge is 2.13. The lowest BCUT2D eigenvalue weighted by molar-refractivity contribution is -0.117. The van der Waals surface area contributed by atoms with Crippen molar-refractivity contribution >= 4 is 5.78 Å². The maximum Gasteiger partial charge on any atom is 0.159 e. The van der Waals surface area contributed by atoms with Crippen molar-refractivity contribution in [3.05, 3.63) is 71.5 Å². The van der Waals surface area contributed by atoms with Gasteiger partial charge in [-0.3, -0.25) is 4.39 Å². The first-order valence-corrected chi connectivity index (χ1v) is 11.4. The van der Waals surface area contributed by atoms with E-state index in [-0.39, 0.29) is 11.7 Å². The third-order valence-electron chi connectivity index (χ3n) is 4.34. The second-order valence-corrected chi connectivity index (χ2v) is 6.60. The minimum absolute atomic E-state index is 0.0161. The minimum Gasteiger partial charge on any atom is -0.385 e. The van der Waals surface area contributed by atoms with Gasteiger partial charge >= 0.3 is 0 Å². The number of hydrogen-bond acceptors (Lipinski definition) is 2. The Morgan fingerprint density at radius 3 is 2.09 bits per heavy atom. The fourth-order valence-electron chi connectivity index (χ4n) is 2.81. The largest absolute Gasteiger partial charge is 0.385 e. The van der Waals surface area contributed by atoms with Crippen LogP contribution in [0, 0.1) is 11.6 Å². The fraction of sp³-hybridized carbons (Fsp3) is 0.519. The van der Waals surface area contributed by atoms with E-state index < -0.39 is 11.6 Å². The van der Waals surface area contributed by atoms with Crippen LogP contribution in [-0.4, -0.2) is 19.5 Å². The van der Waals surface area contributed by atoms with Crippen molar-refractivity contribution in [1.82, 2.24) is 5.32 Å². The molecular formula is C27H44F3NO. The Kier molecular flexibility index (Phi) is 25.1. The highest BCUT2D eigenvalue weighted by atomic mass is 19.2. The number of alkyl halides is 1. The Hall–Kier alpha value is -2.30. The van der Waals surface area contributed by atoms with Crippen LogP contribution < -0.4 is 5.32 Å². The first kappa shape index (κ1) is 34.3. The standard InChI is InChI=1S/C12H14F2O.C12H21N.C2H6.CH3F/c1-3-9(6-8(2)15)10-4-5-11(13)12(14)7-10;1-5-9-11(7-3)12(8-4)13-10-6-2;2*1-2/h4-5,7,9H,3,6H2,1-2H3;5,8-9,13H,1,6-7,10H2,2-4H3;1-2H3;1H3/b;11-9-,12-8+;;. The van der Waals surface area contributed by atoms with E-state index in [9.17, 15) is 18.0 Å². The second-order valence-electron chi connectivity index (χ2n) is 6.60. The van der Waals surface area contributed by atoms with Crippen LogP contribution in [-0.2, 0) is 4.79 Å². The number of nitrogens with one attached hydrogen (secondary N) is 1. The van der Waals surface area contributed by atoms with Gasteiger partial charge in [0.1, 0.15) is 5.78 Å². The number of ketones is 1. The summed E-state index contributed by atoms with van der Waals surface area (Å²) >= 11 is 0. The first-order chi connectivity index (χ1) is 15.3. The predicted molar refractivity (Wildman–Crippen MR) is 134 cm³/mol. The number of rotatable bonds is 10. The van der Waals surface area contributed by atoms with Gasteiger partial charge < -0.3 is 10.1 Å². The average Bonchev–Trinajstić information content (AvgIpc) is 2.82. The summed E-state index contributed by atoms with van der Waals surface area (Å²) in [4.78, 5) is 11.0. The lowest BCUT2D eigenvalue weighted by Crippen LogP contribution is -2.15. The number of carbonyl (C=O) groups is 1. The summed E-state index contributed by atoms with van der Waals surface area (Å²) in [7, 11) is 0.500. The van der Waals surface area contributed by atoms with Gasteiger partial charge in [-0.25, -0.2) is 8.78 Å². The van der Waals surface area contributed by atoms with Crippen LogP contribution in [0.3, 0.4) is 0 Å². The maximum absolute atomic E-state index is 13.0. The van der Waals surface area contributed by atoms with Crippen LogP contribution in [0.2, 0.25) is 0 Å². The van der Waals surface area contributed by atoms with Crippen molar-refractivity contribution in [1.29, 1.82) is 0 Å². The van der Waals surface area contributed by atoms with E-state index in [0.717, 1.165) is 31.9 Å². The van der Waals surface area contributed by atoms with Crippen LogP contribution in [0.15, 0.2) is 54.3 Å². The van der Waals surface area contributed by atoms with Gasteiger partial charge in [-0.05, 0) is 62.3 Å². The number of allylic oxidation sites excluding steroid dienone is 4. The second kappa shape index (κ2) is 23.4. The van der Waals surface area contributed by atoms with E-state index in [1.165, 1.54) is 30.3 Å². The summed E-state index contributed by atoms with van der Waals surface area (Å²) in [6.07, 6.45) is 9.35. The number of halogens is 3. The molecule has 0 heterocycles. The molecule has 32 heavy (non-hydrogen) atoms. The molecule has 0 bridgehead atoms. The Morgan fingerprint density at radius 2 is 1.72 bits per heavy atom. The summed E-state index contributed by atoms with van der Waals surface area (Å²) in [6.45, 7) is 18.6. The Bertz CT molecular complexity index is 681. The SMILES string of the molecule is C=C/C=C(CC)\C(=C/C)NCCC.CC.CCC(CC(C)=O)c1ccc(F)c(F)c1.CF. The number of carbonyl (C=O) groups excluding carboxylic acids is 1. The van der Waals surface area contributed by atoms with Crippen molar-refractivity contribution in [2.24, 2.45) is 0 Å². The molecule has 0 saturated heterocycles. The van der Waals surface area contributed by atoms with Crippen LogP contribution in [0.1, 0.15) is 85.6 Å². The first-order valence-electron chi connectivity index (χ1n) is 11.4. The molecule has 0 fully saturated rings. The number of benzene rings is 1. The molecule has 0 saturated carbocycles. The molecule has 1 atom stereocenters. The molecule has 1 rings (SSSR count). The molecule has 0 aliphatic heterocycles. The molecule has 184 valence electrons. The predicted octanol–water partition coefficient (Wildman–Crippen LogP) is 8.46. The van der Waals surface area contributed by atoms with Gasteiger partial charge in [0.2, 0.25) is 0 Å². The lowest BCUT2D eigenvalue weighted by Gasteiger charge is -2.13. The van der Waals surface area contributed by atoms with Crippen LogP contribution in [0.25, 0.3) is 0 Å². The third-order valence-corrected chi connectivity index (χ3v) is 4.34. The average molecular weight is 456 g/mol. The van der Waals surface area contributed by atoms with Gasteiger partial charge in [0.15, 0.2) is 11.6 Å². The third kappa shape index (κ3) is 15.5. The molecule has 0 aromatic heterocycles. The zero-order valence-electron chi connectivity index (χ0n) is 21.3. The monoisotopic (exact) mass is 455 g/mol. The van der Waals surface area contributed by atoms with Gasteiger partial charge in [-0.15, -0.1) is 0 Å². The van der Waals surface area contributed by atoms with Gasteiger partial charge in [0, 0.05) is 18.7 Å². The molecule has 0 spiro atoms. The Morgan fingerprint density at radius 1 is 1.12 bits per heavy atom. The molecule has 0 amide bonds. The van der Waals surface area contributed by atoms with E-state index in [1.54, 1.807) is 0 Å². The molecule has 5 heteroatoms. The van der Waals surface area contributed by atoms with Crippen LogP contribution in [0.5, 0.6) is 0 Å². The van der Waals surface area contributed by atoms with Crippen molar-refractivity contribution in [3.8, 4) is 0 Å². The summed E-state index contributed by atoms with van der Waals surface area (Å²) in [5.74, 6) is -1.66. The van der Waals surface area contributed by atoms with E-state index in [2.05, 4.69) is 44.8 Å². The smallest absolute Gasteiger partial charge is 0.159 e. The highest BCUT2D eigenvalue weighted by Crippen LogP contribution is 2.24. The molecule has 2 nitrogen and oxygen atoms in total. The topological polar surface area (TPSA) is 29.1 Å². The zero-order valence-corrected chi connectivity index (χ0v) is 21.3. The summed E-state index contributed by atoms with van der Waals surface area (Å²) in [6, 6.07) is 3.81. The summed E-state index contributed by atoms with van der Waals surface area (Å²) in [5, 5.41) is 3.40. The molecule has 0 radical (unpaired) electrons. The van der Waals surface area contributed by atoms with Gasteiger partial charge in [-0.2, -0.15) is 0 Å². The number of Topliss-reactive ketones (excluding diaryl/α,β-unsaturated/α-hetero) is 1. The van der Waals surface area contributed by atoms with E-state index >= 15 is 0 Å². The fourth-order valence-corrected chi connectivity index (χ4v) is 2.81. The molecule has 1 aromatic rings. The summed E-state index contributed by atoms with van der Waals surface area (Å²) in [5.41, 5.74) is 3.25. The molecule has 1 N–H and O–H groups in total. The van der Waals surface area contributed by atoms with E-state index in [0.29, 0.717) is 19.2 Å². The van der Waals surface area contributed by atoms with Crippen molar-refractivity contribution in [2.75, 3.05) is 13.7 Å². The van der Waals surface area contributed by atoms with Crippen molar-refractivity contribution in [3.63, 3.8) is 0 Å². The number of hydrogen-bond donors (Lipinski definition) is 1. The van der Waals surface area contributed by atoms with Crippen molar-refractivity contribution < 1.29 is 18.0 Å². The molecule has 1 unspecified atom stereocenters. The van der Waals surface area contributed by atoms with Gasteiger partial charge in [0.05, 0.1) is 7.18 Å². The molecular weight excluding hydrogens is 411 g/mol. The maximum atomic E-state index is 13.0. The lowest BCUT2D eigenvalue weighted by atomic mass is 9.92. The summed E-state index contributed by atoms with van der Waals surface area (Å²) < 4.78 is 35.1. The Labute approximate surface area is 194 Å². The normalized spacial score (nSPS) is 11.5. The van der Waals surface area contributed by atoms with E-state index in [4.69, 9.17) is 0 Å². The van der Waals surface area contributed by atoms with Gasteiger partial charge in [0.25, 0.3) is 0 Å². The molecule has 1 aromatic carbocycles.